The first-order valence-corrected chi connectivity index (χ1v) is 16.8. The standard InChI is InChI=1S/C44H36BNO2.Y/c1-42(2)43(3,4)48-45(47-42)32-25-23-29(24-26-32)41-37-27-36-33-19-11-13-21-38(33)44(30-15-7-5-8-16-30,31-17-9-6-10-18-31)39(36)28-35(37)34-20-12-14-22-40(34)46-41;/h5-28H,1-4H3;. The number of nitrogens with zero attached hydrogens (tertiary/aromatic N) is 1. The topological polar surface area (TPSA) is 31.4 Å². The van der Waals surface area contributed by atoms with Gasteiger partial charge in [0.05, 0.1) is 27.8 Å². The van der Waals surface area contributed by atoms with E-state index in [9.17, 15) is 0 Å². The van der Waals surface area contributed by atoms with Crippen LogP contribution in [0.25, 0.3) is 44.1 Å². The van der Waals surface area contributed by atoms with Crippen molar-refractivity contribution in [3.63, 3.8) is 0 Å². The van der Waals surface area contributed by atoms with Crippen molar-refractivity contribution in [2.75, 3.05) is 0 Å². The first-order chi connectivity index (χ1) is 23.3. The molecular weight excluding hydrogens is 674 g/mol. The molecule has 2 heterocycles. The molecule has 49 heavy (non-hydrogen) atoms. The van der Waals surface area contributed by atoms with E-state index in [1.807, 2.05) is 0 Å². The van der Waals surface area contributed by atoms with Crippen molar-refractivity contribution in [3.05, 3.63) is 168 Å². The van der Waals surface area contributed by atoms with Crippen LogP contribution in [0.2, 0.25) is 0 Å². The van der Waals surface area contributed by atoms with Gasteiger partial charge in [0.25, 0.3) is 0 Å². The molecule has 235 valence electrons. The van der Waals surface area contributed by atoms with E-state index in [2.05, 4.69) is 173 Å². The van der Waals surface area contributed by atoms with Crippen molar-refractivity contribution in [1.29, 1.82) is 0 Å². The molecule has 0 bridgehead atoms. The zero-order valence-corrected chi connectivity index (χ0v) is 31.1. The molecule has 3 nitrogen and oxygen atoms in total. The van der Waals surface area contributed by atoms with Crippen LogP contribution in [0.3, 0.4) is 0 Å². The minimum atomic E-state index is -0.461. The largest absolute Gasteiger partial charge is 0.494 e. The van der Waals surface area contributed by atoms with Gasteiger partial charge in [0, 0.05) is 49.0 Å². The monoisotopic (exact) mass is 710 g/mol. The Hall–Kier alpha value is -3.92. The second-order valence-corrected chi connectivity index (χ2v) is 14.2. The second-order valence-electron chi connectivity index (χ2n) is 14.2. The Labute approximate surface area is 313 Å². The van der Waals surface area contributed by atoms with Crippen LogP contribution in [0.4, 0.5) is 0 Å². The van der Waals surface area contributed by atoms with Crippen LogP contribution in [0.1, 0.15) is 49.9 Å². The fraction of sp³-hybridized carbons (Fsp3) is 0.159. The quantitative estimate of drug-likeness (QED) is 0.135. The van der Waals surface area contributed by atoms with Crippen molar-refractivity contribution in [2.45, 2.75) is 44.3 Å². The van der Waals surface area contributed by atoms with E-state index in [1.54, 1.807) is 0 Å². The Kier molecular flexibility index (Phi) is 7.81. The number of hydrogen-bond acceptors (Lipinski definition) is 3. The summed E-state index contributed by atoms with van der Waals surface area (Å²) in [6.07, 6.45) is 0. The smallest absolute Gasteiger partial charge is 0.399 e. The van der Waals surface area contributed by atoms with Gasteiger partial charge < -0.3 is 9.31 Å². The van der Waals surface area contributed by atoms with E-state index in [1.165, 1.54) is 38.8 Å². The minimum absolute atomic E-state index is 0. The molecule has 1 aromatic heterocycles. The predicted octanol–water partition coefficient (Wildman–Crippen LogP) is 9.71. The molecule has 7 aromatic rings. The molecule has 6 aromatic carbocycles. The van der Waals surface area contributed by atoms with Crippen LogP contribution in [-0.2, 0) is 47.4 Å². The van der Waals surface area contributed by atoms with Gasteiger partial charge in [-0.25, -0.2) is 4.98 Å². The number of benzene rings is 6. The number of hydrogen-bond donors (Lipinski definition) is 0. The third-order valence-electron chi connectivity index (χ3n) is 11.0. The van der Waals surface area contributed by atoms with Crippen molar-refractivity contribution in [1.82, 2.24) is 4.98 Å². The maximum atomic E-state index is 6.36. The molecule has 1 saturated heterocycles. The average molecular weight is 710 g/mol. The molecule has 1 aliphatic carbocycles. The van der Waals surface area contributed by atoms with Crippen molar-refractivity contribution in [2.24, 2.45) is 0 Å². The summed E-state index contributed by atoms with van der Waals surface area (Å²) in [5.74, 6) is 0. The number of rotatable bonds is 4. The van der Waals surface area contributed by atoms with Crippen molar-refractivity contribution >= 4 is 34.3 Å². The van der Waals surface area contributed by atoms with Gasteiger partial charge in [-0.2, -0.15) is 0 Å². The fourth-order valence-corrected chi connectivity index (χ4v) is 7.88. The van der Waals surface area contributed by atoms with Crippen LogP contribution in [0.5, 0.6) is 0 Å². The first kappa shape index (κ1) is 32.3. The Morgan fingerprint density at radius 2 is 1.08 bits per heavy atom. The van der Waals surface area contributed by atoms with Gasteiger partial charge in [-0.15, -0.1) is 0 Å². The van der Waals surface area contributed by atoms with Crippen LogP contribution < -0.4 is 5.46 Å². The minimum Gasteiger partial charge on any atom is -0.399 e. The van der Waals surface area contributed by atoms with Crippen LogP contribution in [0, 0.1) is 0 Å². The van der Waals surface area contributed by atoms with E-state index in [0.29, 0.717) is 0 Å². The van der Waals surface area contributed by atoms with Gasteiger partial charge in [-0.3, -0.25) is 0 Å². The van der Waals surface area contributed by atoms with Crippen LogP contribution in [-0.4, -0.2) is 23.3 Å². The summed E-state index contributed by atoms with van der Waals surface area (Å²) in [4.78, 5) is 5.32. The summed E-state index contributed by atoms with van der Waals surface area (Å²) >= 11 is 0. The molecule has 1 radical (unpaired) electrons. The number of para-hydroxylation sites is 1. The molecule has 0 unspecified atom stereocenters. The zero-order chi connectivity index (χ0) is 32.7. The second kappa shape index (κ2) is 11.9. The van der Waals surface area contributed by atoms with Crippen LogP contribution >= 0.6 is 0 Å². The third-order valence-corrected chi connectivity index (χ3v) is 11.0. The first-order valence-electron chi connectivity index (χ1n) is 16.8. The SMILES string of the molecule is CC1(C)OB(c2ccc(-c3nc4ccccc4c4cc5c(cc34)-c3ccccc3C5(c3ccccc3)c3ccccc3)cc2)OC1(C)C.[Y]. The summed E-state index contributed by atoms with van der Waals surface area (Å²) < 4.78 is 12.7. The van der Waals surface area contributed by atoms with Gasteiger partial charge in [-0.05, 0) is 90.1 Å². The van der Waals surface area contributed by atoms with Gasteiger partial charge >= 0.3 is 7.12 Å². The third kappa shape index (κ3) is 4.83. The number of pyridine rings is 1. The molecule has 9 rings (SSSR count). The Balaban J connectivity index is 0.00000348. The fourth-order valence-electron chi connectivity index (χ4n) is 7.88. The van der Waals surface area contributed by atoms with Crippen molar-refractivity contribution in [3.8, 4) is 22.4 Å². The predicted molar refractivity (Wildman–Crippen MR) is 198 cm³/mol. The van der Waals surface area contributed by atoms with Crippen molar-refractivity contribution < 1.29 is 42.0 Å². The molecule has 1 aliphatic heterocycles. The zero-order valence-electron chi connectivity index (χ0n) is 28.3. The van der Waals surface area contributed by atoms with Gasteiger partial charge in [-0.1, -0.05) is 127 Å². The summed E-state index contributed by atoms with van der Waals surface area (Å²) in [6, 6.07) is 52.8. The maximum absolute atomic E-state index is 6.36. The Morgan fingerprint density at radius 3 is 1.73 bits per heavy atom. The molecule has 0 amide bonds. The van der Waals surface area contributed by atoms with E-state index < -0.39 is 23.7 Å². The maximum Gasteiger partial charge on any atom is 0.494 e. The molecule has 0 saturated carbocycles. The van der Waals surface area contributed by atoms with Gasteiger partial charge in [0.2, 0.25) is 0 Å². The summed E-state index contributed by atoms with van der Waals surface area (Å²) in [6.45, 7) is 8.36. The molecular formula is C44H36BNO2Y. The van der Waals surface area contributed by atoms with E-state index in [0.717, 1.165) is 33.0 Å². The van der Waals surface area contributed by atoms with E-state index >= 15 is 0 Å². The van der Waals surface area contributed by atoms with Gasteiger partial charge in [0.15, 0.2) is 0 Å². The van der Waals surface area contributed by atoms with Gasteiger partial charge in [0.1, 0.15) is 0 Å². The summed E-state index contributed by atoms with van der Waals surface area (Å²) in [7, 11) is -0.408. The summed E-state index contributed by atoms with van der Waals surface area (Å²) in [5, 5.41) is 3.50. The molecule has 2 aliphatic rings. The molecule has 0 spiro atoms. The molecule has 1 fully saturated rings. The summed E-state index contributed by atoms with van der Waals surface area (Å²) in [5.41, 5.74) is 10.4. The number of aromatic nitrogens is 1. The Morgan fingerprint density at radius 1 is 0.510 bits per heavy atom. The average Bonchev–Trinajstić information content (AvgIpc) is 3.53. The van der Waals surface area contributed by atoms with E-state index in [4.69, 9.17) is 14.3 Å². The normalized spacial score (nSPS) is 16.7. The molecule has 5 heteroatoms. The Bertz CT molecular complexity index is 2300. The van der Waals surface area contributed by atoms with E-state index in [-0.39, 0.29) is 32.7 Å². The molecule has 0 N–H and O–H groups in total. The molecule has 0 atom stereocenters. The number of fused-ring (bicyclic) bond motifs is 6. The van der Waals surface area contributed by atoms with Crippen LogP contribution in [0.15, 0.2) is 146 Å².